The predicted molar refractivity (Wildman–Crippen MR) is 139 cm³/mol. The van der Waals surface area contributed by atoms with E-state index in [1.54, 1.807) is 0 Å². The molecule has 0 fully saturated rings. The number of hydrogen-bond acceptors (Lipinski definition) is 7. The Labute approximate surface area is 235 Å². The zero-order valence-corrected chi connectivity index (χ0v) is 22.1. The summed E-state index contributed by atoms with van der Waals surface area (Å²) < 4.78 is 80.8. The standard InChI is InChI=1S/C27H23F5N6O4/c1-14-24(17-7-9-19(41-2)25-33-20(13-37(17)25)27(30,31)32)36-38(26(14)40)11-3-4-12-42-18-8-5-15(22(28)23(18)29)16-6-10-21(39)35-34-16/h5,7-9,13H,1,3-4,6,10-12H2,2H3,(H,35,39). The molecule has 15 heteroatoms. The number of hydrogen-bond donors (Lipinski definition) is 1. The molecule has 10 nitrogen and oxygen atoms in total. The Bertz CT molecular complexity index is 1660. The number of methoxy groups -OCH3 is 1. The maximum absolute atomic E-state index is 14.6. The third-order valence-corrected chi connectivity index (χ3v) is 6.61. The van der Waals surface area contributed by atoms with Crippen molar-refractivity contribution in [2.24, 2.45) is 10.2 Å². The largest absolute Gasteiger partial charge is 0.493 e. The number of ether oxygens (including phenoxy) is 2. The highest BCUT2D eigenvalue weighted by Gasteiger charge is 2.36. The van der Waals surface area contributed by atoms with Gasteiger partial charge in [-0.1, -0.05) is 6.58 Å². The zero-order valence-electron chi connectivity index (χ0n) is 22.1. The van der Waals surface area contributed by atoms with Gasteiger partial charge in [0.1, 0.15) is 5.71 Å². The van der Waals surface area contributed by atoms with E-state index in [0.29, 0.717) is 12.8 Å². The van der Waals surface area contributed by atoms with E-state index in [0.717, 1.165) is 15.6 Å². The van der Waals surface area contributed by atoms with E-state index in [-0.39, 0.29) is 77.3 Å². The van der Waals surface area contributed by atoms with Gasteiger partial charge in [0, 0.05) is 31.1 Å². The number of carbonyl (C=O) groups is 2. The number of nitrogens with one attached hydrogen (secondary N) is 1. The molecule has 0 saturated carbocycles. The van der Waals surface area contributed by atoms with E-state index in [1.807, 2.05) is 0 Å². The highest BCUT2D eigenvalue weighted by molar-refractivity contribution is 6.30. The maximum atomic E-state index is 14.6. The van der Waals surface area contributed by atoms with E-state index in [9.17, 15) is 31.5 Å². The Hall–Kier alpha value is -4.82. The van der Waals surface area contributed by atoms with Crippen LogP contribution in [0, 0.1) is 11.6 Å². The quantitative estimate of drug-likeness (QED) is 0.228. The van der Waals surface area contributed by atoms with Crippen LogP contribution in [0.1, 0.15) is 42.6 Å². The molecule has 2 aromatic heterocycles. The molecule has 0 spiro atoms. The monoisotopic (exact) mass is 590 g/mol. The van der Waals surface area contributed by atoms with Crippen LogP contribution in [0.4, 0.5) is 22.0 Å². The maximum Gasteiger partial charge on any atom is 0.434 e. The van der Waals surface area contributed by atoms with Crippen molar-refractivity contribution >= 4 is 28.9 Å². The summed E-state index contributed by atoms with van der Waals surface area (Å²) in [5.74, 6) is -3.37. The number of pyridine rings is 1. The second-order valence-corrected chi connectivity index (χ2v) is 9.35. The number of benzene rings is 1. The van der Waals surface area contributed by atoms with Gasteiger partial charge in [-0.2, -0.15) is 27.8 Å². The van der Waals surface area contributed by atoms with E-state index >= 15 is 0 Å². The van der Waals surface area contributed by atoms with Crippen LogP contribution >= 0.6 is 0 Å². The molecule has 0 radical (unpaired) electrons. The summed E-state index contributed by atoms with van der Waals surface area (Å²) in [6.07, 6.45) is -2.92. The van der Waals surface area contributed by atoms with Crippen LogP contribution in [0.3, 0.4) is 0 Å². The molecular formula is C27H23F5N6O4. The van der Waals surface area contributed by atoms with Gasteiger partial charge in [0.25, 0.3) is 5.91 Å². The number of rotatable bonds is 9. The summed E-state index contributed by atoms with van der Waals surface area (Å²) in [5.41, 5.74) is 1.38. The molecule has 4 heterocycles. The van der Waals surface area contributed by atoms with Crippen molar-refractivity contribution < 1.29 is 41.0 Å². The van der Waals surface area contributed by atoms with Crippen molar-refractivity contribution in [1.29, 1.82) is 0 Å². The van der Waals surface area contributed by atoms with Gasteiger partial charge in [-0.15, -0.1) is 0 Å². The first-order valence-electron chi connectivity index (χ1n) is 12.7. The average molecular weight is 591 g/mol. The summed E-state index contributed by atoms with van der Waals surface area (Å²) in [6.45, 7) is 3.87. The summed E-state index contributed by atoms with van der Waals surface area (Å²) in [7, 11) is 1.30. The highest BCUT2D eigenvalue weighted by atomic mass is 19.4. The first kappa shape index (κ1) is 28.7. The first-order chi connectivity index (χ1) is 20.0. The van der Waals surface area contributed by atoms with Gasteiger partial charge in [-0.05, 0) is 37.1 Å². The summed E-state index contributed by atoms with van der Waals surface area (Å²) in [4.78, 5) is 27.7. The number of hydrazone groups is 2. The van der Waals surface area contributed by atoms with E-state index in [4.69, 9.17) is 9.47 Å². The van der Waals surface area contributed by atoms with Gasteiger partial charge >= 0.3 is 6.18 Å². The van der Waals surface area contributed by atoms with Crippen molar-refractivity contribution in [2.45, 2.75) is 31.9 Å². The first-order valence-corrected chi connectivity index (χ1v) is 12.7. The third kappa shape index (κ3) is 5.41. The second-order valence-electron chi connectivity index (χ2n) is 9.35. The third-order valence-electron chi connectivity index (χ3n) is 6.61. The molecule has 3 aromatic rings. The summed E-state index contributed by atoms with van der Waals surface area (Å²) in [5, 5.41) is 9.18. The lowest BCUT2D eigenvalue weighted by Gasteiger charge is -2.15. The summed E-state index contributed by atoms with van der Waals surface area (Å²) in [6, 6.07) is 5.47. The molecule has 0 atom stereocenters. The molecule has 1 aromatic carbocycles. The molecule has 220 valence electrons. The van der Waals surface area contributed by atoms with Crippen molar-refractivity contribution in [1.82, 2.24) is 19.8 Å². The van der Waals surface area contributed by atoms with Gasteiger partial charge in [-0.25, -0.2) is 19.8 Å². The minimum absolute atomic E-state index is 0.000612. The van der Waals surface area contributed by atoms with Crippen LogP contribution in [0.5, 0.6) is 11.5 Å². The molecule has 0 bridgehead atoms. The Morgan fingerprint density at radius 2 is 1.81 bits per heavy atom. The Morgan fingerprint density at radius 1 is 1.05 bits per heavy atom. The number of fused-ring (bicyclic) bond motifs is 1. The minimum Gasteiger partial charge on any atom is -0.493 e. The van der Waals surface area contributed by atoms with Crippen LogP contribution in [0.15, 0.2) is 52.8 Å². The smallest absolute Gasteiger partial charge is 0.434 e. The SMILES string of the molecule is C=C1C(=O)N(CCCCOc2ccc(C3=NNC(=O)CC3)c(F)c2F)N=C1c1ccc(OC)c2nc(C(F)(F)F)cn12. The molecule has 5 rings (SSSR count). The molecule has 0 aliphatic carbocycles. The van der Waals surface area contributed by atoms with Gasteiger partial charge in [0.2, 0.25) is 11.7 Å². The lowest BCUT2D eigenvalue weighted by atomic mass is 10.0. The number of alkyl halides is 3. The second kappa shape index (κ2) is 11.2. The number of aromatic nitrogens is 2. The van der Waals surface area contributed by atoms with Crippen molar-refractivity contribution in [3.05, 3.63) is 71.2 Å². The van der Waals surface area contributed by atoms with E-state index < -0.39 is 29.4 Å². The van der Waals surface area contributed by atoms with Crippen LogP contribution in [-0.2, 0) is 15.8 Å². The number of halogens is 5. The van der Waals surface area contributed by atoms with Crippen LogP contribution < -0.4 is 14.9 Å². The molecule has 0 unspecified atom stereocenters. The summed E-state index contributed by atoms with van der Waals surface area (Å²) >= 11 is 0. The molecule has 2 aliphatic rings. The van der Waals surface area contributed by atoms with Crippen LogP contribution in [0.25, 0.3) is 5.65 Å². The zero-order chi connectivity index (χ0) is 30.2. The highest BCUT2D eigenvalue weighted by Crippen LogP contribution is 2.32. The number of unbranched alkanes of at least 4 members (excludes halogenated alkanes) is 1. The van der Waals surface area contributed by atoms with Gasteiger partial charge < -0.3 is 9.47 Å². The van der Waals surface area contributed by atoms with Crippen molar-refractivity contribution in [3.8, 4) is 11.5 Å². The number of amides is 2. The Morgan fingerprint density at radius 3 is 2.50 bits per heavy atom. The number of imidazole rings is 1. The Kier molecular flexibility index (Phi) is 7.67. The van der Waals surface area contributed by atoms with Crippen LogP contribution in [-0.4, -0.2) is 57.9 Å². The fourth-order valence-electron chi connectivity index (χ4n) is 4.46. The van der Waals surface area contributed by atoms with E-state index in [1.165, 1.54) is 31.4 Å². The lowest BCUT2D eigenvalue weighted by Crippen LogP contribution is -2.26. The average Bonchev–Trinajstić information content (AvgIpc) is 3.53. The van der Waals surface area contributed by atoms with Gasteiger partial charge in [0.15, 0.2) is 28.7 Å². The van der Waals surface area contributed by atoms with Crippen molar-refractivity contribution in [2.75, 3.05) is 20.3 Å². The van der Waals surface area contributed by atoms with E-state index in [2.05, 4.69) is 27.2 Å². The van der Waals surface area contributed by atoms with Gasteiger partial charge in [0.05, 0.1) is 30.7 Å². The normalized spacial score (nSPS) is 15.7. The fraction of sp³-hybridized carbons (Fsp3) is 0.296. The Balaban J connectivity index is 1.23. The topological polar surface area (TPSA) is 110 Å². The predicted octanol–water partition coefficient (Wildman–Crippen LogP) is 4.22. The number of carbonyl (C=O) groups excluding carboxylic acids is 2. The molecule has 1 N–H and O–H groups in total. The minimum atomic E-state index is -4.70. The molecule has 0 saturated heterocycles. The molecule has 42 heavy (non-hydrogen) atoms. The van der Waals surface area contributed by atoms with Gasteiger partial charge in [-0.3, -0.25) is 14.0 Å². The fourth-order valence-corrected chi connectivity index (χ4v) is 4.46. The lowest BCUT2D eigenvalue weighted by molar-refractivity contribution is -0.140. The van der Waals surface area contributed by atoms with Crippen molar-refractivity contribution in [3.63, 3.8) is 0 Å². The number of nitrogens with zero attached hydrogens (tertiary/aromatic N) is 5. The molecular weight excluding hydrogens is 567 g/mol. The molecule has 2 aliphatic heterocycles. The molecule has 2 amide bonds. The van der Waals surface area contributed by atoms with Crippen LogP contribution in [0.2, 0.25) is 0 Å².